The molecular formula is C50H33NO2. The van der Waals surface area contributed by atoms with Crippen molar-refractivity contribution in [1.29, 1.82) is 5.26 Å². The molecule has 53 heavy (non-hydrogen) atoms. The lowest BCUT2D eigenvalue weighted by molar-refractivity contribution is 0.669. The average molecular weight is 680 g/mol. The normalized spacial score (nSPS) is 11.2. The summed E-state index contributed by atoms with van der Waals surface area (Å²) in [5.41, 5.74) is 15.0. The van der Waals surface area contributed by atoms with E-state index >= 15 is 0 Å². The van der Waals surface area contributed by atoms with Crippen molar-refractivity contribution in [2.75, 3.05) is 0 Å². The topological polar surface area (TPSA) is 50.1 Å². The Bertz CT molecular complexity index is 2850. The van der Waals surface area contributed by atoms with E-state index in [0.717, 1.165) is 99.5 Å². The molecule has 0 aliphatic rings. The molecule has 0 spiro atoms. The Morgan fingerprint density at radius 3 is 1.23 bits per heavy atom. The third kappa shape index (κ3) is 5.46. The van der Waals surface area contributed by atoms with E-state index in [2.05, 4.69) is 133 Å². The number of para-hydroxylation sites is 4. The van der Waals surface area contributed by atoms with Crippen LogP contribution >= 0.6 is 0 Å². The predicted octanol–water partition coefficient (Wildman–Crippen LogP) is 14.3. The van der Waals surface area contributed by atoms with Crippen LogP contribution in [0.2, 0.25) is 0 Å². The Balaban J connectivity index is 0.00000372. The lowest BCUT2D eigenvalue weighted by Gasteiger charge is -2.13. The van der Waals surface area contributed by atoms with Crippen LogP contribution in [0, 0.1) is 11.3 Å². The first-order valence-electron chi connectivity index (χ1n) is 17.4. The highest BCUT2D eigenvalue weighted by molar-refractivity contribution is 6.10. The number of hydrogen-bond acceptors (Lipinski definition) is 3. The number of furan rings is 2. The van der Waals surface area contributed by atoms with Gasteiger partial charge in [-0.3, -0.25) is 0 Å². The first kappa shape index (κ1) is 31.8. The molecular weight excluding hydrogens is 647 g/mol. The largest absolute Gasteiger partial charge is 0.455 e. The van der Waals surface area contributed by atoms with Gasteiger partial charge in [0.2, 0.25) is 0 Å². The summed E-state index contributed by atoms with van der Waals surface area (Å²) in [4.78, 5) is 0. The summed E-state index contributed by atoms with van der Waals surface area (Å²) >= 11 is 0. The highest BCUT2D eigenvalue weighted by atomic mass is 16.3. The molecule has 0 atom stereocenters. The Kier molecular flexibility index (Phi) is 7.72. The molecule has 10 aromatic rings. The van der Waals surface area contributed by atoms with Gasteiger partial charge < -0.3 is 8.83 Å². The molecule has 0 amide bonds. The Morgan fingerprint density at radius 1 is 0.340 bits per heavy atom. The number of fused-ring (bicyclic) bond motifs is 6. The van der Waals surface area contributed by atoms with Crippen LogP contribution in [-0.4, -0.2) is 0 Å². The molecule has 8 aromatic carbocycles. The summed E-state index contributed by atoms with van der Waals surface area (Å²) in [7, 11) is 0. The second-order valence-electron chi connectivity index (χ2n) is 13.2. The zero-order valence-corrected chi connectivity index (χ0v) is 28.0. The van der Waals surface area contributed by atoms with Gasteiger partial charge in [-0.1, -0.05) is 129 Å². The van der Waals surface area contributed by atoms with E-state index in [1.165, 1.54) is 0 Å². The smallest absolute Gasteiger partial charge is 0.143 e. The van der Waals surface area contributed by atoms with Crippen molar-refractivity contribution in [1.82, 2.24) is 0 Å². The summed E-state index contributed by atoms with van der Waals surface area (Å²) in [5, 5.41) is 13.9. The van der Waals surface area contributed by atoms with Gasteiger partial charge in [0.25, 0.3) is 0 Å². The number of nitriles is 1. The van der Waals surface area contributed by atoms with Gasteiger partial charge in [-0.05, 0) is 99.1 Å². The second kappa shape index (κ2) is 12.9. The molecule has 250 valence electrons. The van der Waals surface area contributed by atoms with Crippen molar-refractivity contribution in [3.63, 3.8) is 0 Å². The molecule has 0 bridgehead atoms. The fourth-order valence-corrected chi connectivity index (χ4v) is 7.55. The fourth-order valence-electron chi connectivity index (χ4n) is 7.55. The van der Waals surface area contributed by atoms with Gasteiger partial charge >= 0.3 is 0 Å². The molecule has 0 unspecified atom stereocenters. The maximum Gasteiger partial charge on any atom is 0.143 e. The van der Waals surface area contributed by atoms with Gasteiger partial charge in [0.15, 0.2) is 0 Å². The van der Waals surface area contributed by atoms with Crippen LogP contribution in [0.15, 0.2) is 185 Å². The molecule has 0 radical (unpaired) electrons. The monoisotopic (exact) mass is 679 g/mol. The van der Waals surface area contributed by atoms with E-state index < -0.39 is 0 Å². The highest BCUT2D eigenvalue weighted by Gasteiger charge is 2.15. The van der Waals surface area contributed by atoms with E-state index in [0.29, 0.717) is 5.56 Å². The average Bonchev–Trinajstić information content (AvgIpc) is 3.80. The van der Waals surface area contributed by atoms with Gasteiger partial charge in [-0.2, -0.15) is 5.26 Å². The van der Waals surface area contributed by atoms with Crippen molar-refractivity contribution < 1.29 is 8.83 Å². The van der Waals surface area contributed by atoms with Crippen molar-refractivity contribution in [2.24, 2.45) is 0 Å². The minimum Gasteiger partial charge on any atom is -0.455 e. The van der Waals surface area contributed by atoms with Gasteiger partial charge in [0.05, 0.1) is 11.6 Å². The molecule has 0 fully saturated rings. The van der Waals surface area contributed by atoms with E-state index in [1.807, 2.05) is 48.5 Å². The molecule has 2 aromatic heterocycles. The number of nitrogens with zero attached hydrogens (tertiary/aromatic N) is 1. The van der Waals surface area contributed by atoms with Crippen LogP contribution in [0.5, 0.6) is 0 Å². The van der Waals surface area contributed by atoms with E-state index in [4.69, 9.17) is 8.83 Å². The molecule has 0 aliphatic heterocycles. The van der Waals surface area contributed by atoms with Gasteiger partial charge in [-0.15, -0.1) is 0 Å². The first-order chi connectivity index (χ1) is 25.7. The summed E-state index contributed by atoms with van der Waals surface area (Å²) < 4.78 is 12.8. The SMILES string of the molecule is C.N#Cc1ccc(-c2cc(-c3cccc(-c4cccc5c4oc4ccccc45)c3)cc(-c3cccc(-c4cccc5c4oc4ccccc45)c3)c2)cc1. The number of hydrogen-bond donors (Lipinski definition) is 0. The van der Waals surface area contributed by atoms with E-state index in [1.54, 1.807) is 0 Å². The third-order valence-electron chi connectivity index (χ3n) is 10.1. The van der Waals surface area contributed by atoms with Gasteiger partial charge in [0.1, 0.15) is 22.3 Å². The summed E-state index contributed by atoms with van der Waals surface area (Å²) in [6, 6.07) is 63.4. The molecule has 3 nitrogen and oxygen atoms in total. The zero-order valence-electron chi connectivity index (χ0n) is 28.0. The zero-order chi connectivity index (χ0) is 34.6. The van der Waals surface area contributed by atoms with Crippen LogP contribution in [0.1, 0.15) is 13.0 Å². The van der Waals surface area contributed by atoms with Crippen LogP contribution in [0.25, 0.3) is 99.5 Å². The van der Waals surface area contributed by atoms with Crippen LogP contribution < -0.4 is 0 Å². The third-order valence-corrected chi connectivity index (χ3v) is 10.1. The van der Waals surface area contributed by atoms with Crippen molar-refractivity contribution in [3.05, 3.63) is 181 Å². The van der Waals surface area contributed by atoms with Crippen molar-refractivity contribution in [3.8, 4) is 61.7 Å². The molecule has 0 N–H and O–H groups in total. The quantitative estimate of drug-likeness (QED) is 0.182. The molecule has 0 saturated carbocycles. The number of benzene rings is 8. The second-order valence-corrected chi connectivity index (χ2v) is 13.2. The van der Waals surface area contributed by atoms with Crippen LogP contribution in [0.4, 0.5) is 0 Å². The minimum absolute atomic E-state index is 0. The summed E-state index contributed by atoms with van der Waals surface area (Å²) in [6.07, 6.45) is 0. The lowest BCUT2D eigenvalue weighted by atomic mass is 9.91. The lowest BCUT2D eigenvalue weighted by Crippen LogP contribution is -1.88. The summed E-state index contributed by atoms with van der Waals surface area (Å²) in [6.45, 7) is 0. The molecule has 0 saturated heterocycles. The molecule has 3 heteroatoms. The van der Waals surface area contributed by atoms with Gasteiger partial charge in [-0.25, -0.2) is 0 Å². The highest BCUT2D eigenvalue weighted by Crippen LogP contribution is 2.40. The maximum absolute atomic E-state index is 9.48. The summed E-state index contributed by atoms with van der Waals surface area (Å²) in [5.74, 6) is 0. The standard InChI is InChI=1S/C49H29NO2.CH4/c50-30-31-21-23-32(24-22-31)37-27-38(33-9-5-11-35(25-33)40-15-7-17-44-42-13-1-3-19-46(42)51-48(40)44)29-39(28-37)34-10-6-12-36(26-34)41-16-8-18-45-43-14-2-4-20-47(43)52-49(41)45;/h1-29H;1H4. The van der Waals surface area contributed by atoms with E-state index in [9.17, 15) is 5.26 Å². The van der Waals surface area contributed by atoms with Gasteiger partial charge in [0, 0.05) is 32.7 Å². The van der Waals surface area contributed by atoms with Crippen molar-refractivity contribution in [2.45, 2.75) is 7.43 Å². The Hall–Kier alpha value is -7.15. The molecule has 0 aliphatic carbocycles. The Morgan fingerprint density at radius 2 is 0.736 bits per heavy atom. The first-order valence-corrected chi connectivity index (χ1v) is 17.4. The number of rotatable bonds is 5. The van der Waals surface area contributed by atoms with Crippen molar-refractivity contribution >= 4 is 43.9 Å². The molecule has 2 heterocycles. The fraction of sp³-hybridized carbons (Fsp3) is 0.0200. The predicted molar refractivity (Wildman–Crippen MR) is 220 cm³/mol. The molecule has 10 rings (SSSR count). The minimum atomic E-state index is 0. The Labute approximate surface area is 307 Å². The maximum atomic E-state index is 9.48. The van der Waals surface area contributed by atoms with E-state index in [-0.39, 0.29) is 7.43 Å². The van der Waals surface area contributed by atoms with Crippen LogP contribution in [-0.2, 0) is 0 Å². The van der Waals surface area contributed by atoms with Crippen LogP contribution in [0.3, 0.4) is 0 Å².